The number of hydrogen-bond donors (Lipinski definition) is 2. The van der Waals surface area contributed by atoms with Gasteiger partial charge in [-0.1, -0.05) is 0 Å². The molecule has 0 bridgehead atoms. The Morgan fingerprint density at radius 2 is 2.26 bits per heavy atom. The summed E-state index contributed by atoms with van der Waals surface area (Å²) in [5.41, 5.74) is 8.58. The van der Waals surface area contributed by atoms with Crippen LogP contribution in [0.5, 0.6) is 0 Å². The molecule has 5 heteroatoms. The molecule has 0 spiro atoms. The summed E-state index contributed by atoms with van der Waals surface area (Å²) in [6.45, 7) is 1.90. The maximum Gasteiger partial charge on any atom is 0.266 e. The minimum Gasteiger partial charge on any atom is -0.397 e. The molecule has 3 rings (SSSR count). The van der Waals surface area contributed by atoms with Crippen LogP contribution >= 0.6 is 11.3 Å². The number of anilines is 2. The van der Waals surface area contributed by atoms with Crippen LogP contribution in [0, 0.1) is 6.92 Å². The van der Waals surface area contributed by atoms with Crippen LogP contribution in [0.25, 0.3) is 0 Å². The summed E-state index contributed by atoms with van der Waals surface area (Å²) in [6.07, 6.45) is 4.98. The van der Waals surface area contributed by atoms with Gasteiger partial charge in [-0.2, -0.15) is 0 Å². The highest BCUT2D eigenvalue weighted by molar-refractivity contribution is 7.14. The van der Waals surface area contributed by atoms with Gasteiger partial charge in [0.2, 0.25) is 0 Å². The fraction of sp³-hybridized carbons (Fsp3) is 0.286. The van der Waals surface area contributed by atoms with Crippen LogP contribution in [0.3, 0.4) is 0 Å². The fourth-order valence-electron chi connectivity index (χ4n) is 2.25. The van der Waals surface area contributed by atoms with Crippen LogP contribution in [0.15, 0.2) is 18.3 Å². The summed E-state index contributed by atoms with van der Waals surface area (Å²) in [6, 6.07) is 3.79. The molecule has 2 aromatic rings. The highest BCUT2D eigenvalue weighted by Crippen LogP contribution is 2.30. The monoisotopic (exact) mass is 273 g/mol. The topological polar surface area (TPSA) is 68.0 Å². The van der Waals surface area contributed by atoms with Crippen molar-refractivity contribution in [3.05, 3.63) is 39.2 Å². The average molecular weight is 273 g/mol. The molecule has 98 valence electrons. The number of nitrogens with two attached hydrogens (primary N) is 1. The molecular weight excluding hydrogens is 258 g/mol. The van der Waals surface area contributed by atoms with E-state index in [1.165, 1.54) is 16.9 Å². The van der Waals surface area contributed by atoms with Crippen molar-refractivity contribution >= 4 is 28.7 Å². The smallest absolute Gasteiger partial charge is 0.266 e. The number of thiophene rings is 1. The standard InChI is InChI=1S/C14H15N3OS/c1-8-5-13(16-7-10(8)15)17-14(18)12-6-9-3-2-4-11(9)19-12/h5-7H,2-4,15H2,1H3,(H,16,17,18). The lowest BCUT2D eigenvalue weighted by atomic mass is 10.2. The number of carbonyl (C=O) groups is 1. The molecule has 4 nitrogen and oxygen atoms in total. The van der Waals surface area contributed by atoms with Crippen molar-refractivity contribution < 1.29 is 4.79 Å². The number of fused-ring (bicyclic) bond motifs is 1. The molecule has 3 N–H and O–H groups in total. The molecule has 0 fully saturated rings. The third kappa shape index (κ3) is 2.33. The number of amides is 1. The molecule has 19 heavy (non-hydrogen) atoms. The summed E-state index contributed by atoms with van der Waals surface area (Å²) in [5.74, 6) is 0.460. The summed E-state index contributed by atoms with van der Waals surface area (Å²) < 4.78 is 0. The molecule has 1 aliphatic rings. The van der Waals surface area contributed by atoms with E-state index in [1.54, 1.807) is 23.6 Å². The Labute approximate surface area is 115 Å². The Morgan fingerprint density at radius 1 is 1.42 bits per heavy atom. The van der Waals surface area contributed by atoms with Gasteiger partial charge in [-0.3, -0.25) is 4.79 Å². The van der Waals surface area contributed by atoms with E-state index in [4.69, 9.17) is 5.73 Å². The van der Waals surface area contributed by atoms with Gasteiger partial charge in [0.05, 0.1) is 16.8 Å². The summed E-state index contributed by atoms with van der Waals surface area (Å²) in [4.78, 5) is 18.4. The number of pyridine rings is 1. The van der Waals surface area contributed by atoms with Gasteiger partial charge in [0.25, 0.3) is 5.91 Å². The van der Waals surface area contributed by atoms with Crippen molar-refractivity contribution in [2.45, 2.75) is 26.2 Å². The van der Waals surface area contributed by atoms with Crippen LogP contribution in [-0.4, -0.2) is 10.9 Å². The van der Waals surface area contributed by atoms with E-state index in [1.807, 2.05) is 13.0 Å². The number of carbonyl (C=O) groups excluding carboxylic acids is 1. The molecule has 0 radical (unpaired) electrons. The van der Waals surface area contributed by atoms with E-state index in [0.29, 0.717) is 11.5 Å². The third-order valence-electron chi connectivity index (χ3n) is 3.36. The molecule has 0 aliphatic heterocycles. The van der Waals surface area contributed by atoms with E-state index in [-0.39, 0.29) is 5.91 Å². The molecule has 0 atom stereocenters. The summed E-state index contributed by atoms with van der Waals surface area (Å²) >= 11 is 1.59. The molecule has 0 aromatic carbocycles. The SMILES string of the molecule is Cc1cc(NC(=O)c2cc3c(s2)CCC3)ncc1N. The molecule has 0 saturated carbocycles. The predicted molar refractivity (Wildman–Crippen MR) is 77.7 cm³/mol. The van der Waals surface area contributed by atoms with Crippen LogP contribution in [-0.2, 0) is 12.8 Å². The quantitative estimate of drug-likeness (QED) is 0.884. The summed E-state index contributed by atoms with van der Waals surface area (Å²) in [5, 5.41) is 2.82. The normalized spacial score (nSPS) is 13.3. The molecule has 0 saturated heterocycles. The molecule has 1 amide bonds. The number of rotatable bonds is 2. The Bertz CT molecular complexity index is 627. The molecule has 1 aliphatic carbocycles. The zero-order valence-electron chi connectivity index (χ0n) is 10.7. The van der Waals surface area contributed by atoms with Crippen molar-refractivity contribution in [3.63, 3.8) is 0 Å². The van der Waals surface area contributed by atoms with Gasteiger partial charge in [-0.05, 0) is 49.4 Å². The Hall–Kier alpha value is -1.88. The lowest BCUT2D eigenvalue weighted by Crippen LogP contribution is -2.11. The highest BCUT2D eigenvalue weighted by atomic mass is 32.1. The van der Waals surface area contributed by atoms with E-state index >= 15 is 0 Å². The van der Waals surface area contributed by atoms with E-state index in [2.05, 4.69) is 10.3 Å². The van der Waals surface area contributed by atoms with Crippen LogP contribution < -0.4 is 11.1 Å². The Kier molecular flexibility index (Phi) is 2.98. The van der Waals surface area contributed by atoms with Crippen molar-refractivity contribution in [2.75, 3.05) is 11.1 Å². The molecule has 2 heterocycles. The van der Waals surface area contributed by atoms with Gasteiger partial charge in [0.1, 0.15) is 5.82 Å². The van der Waals surface area contributed by atoms with Gasteiger partial charge in [0, 0.05) is 4.88 Å². The largest absolute Gasteiger partial charge is 0.397 e. The number of nitrogens with zero attached hydrogens (tertiary/aromatic N) is 1. The highest BCUT2D eigenvalue weighted by Gasteiger charge is 2.18. The van der Waals surface area contributed by atoms with Crippen LogP contribution in [0.1, 0.15) is 32.1 Å². The Morgan fingerprint density at radius 3 is 3.00 bits per heavy atom. The third-order valence-corrected chi connectivity index (χ3v) is 4.60. The van der Waals surface area contributed by atoms with Gasteiger partial charge < -0.3 is 11.1 Å². The van der Waals surface area contributed by atoms with Crippen LogP contribution in [0.4, 0.5) is 11.5 Å². The number of nitrogens with one attached hydrogen (secondary N) is 1. The second kappa shape index (κ2) is 4.66. The van der Waals surface area contributed by atoms with Gasteiger partial charge >= 0.3 is 0 Å². The first kappa shape index (κ1) is 12.2. The first-order valence-electron chi connectivity index (χ1n) is 6.28. The second-order valence-electron chi connectivity index (χ2n) is 4.79. The van der Waals surface area contributed by atoms with E-state index < -0.39 is 0 Å². The van der Waals surface area contributed by atoms with E-state index in [9.17, 15) is 4.79 Å². The van der Waals surface area contributed by atoms with Crippen molar-refractivity contribution in [1.29, 1.82) is 0 Å². The van der Waals surface area contributed by atoms with Gasteiger partial charge in [-0.25, -0.2) is 4.98 Å². The average Bonchev–Trinajstić information content (AvgIpc) is 2.94. The molecule has 2 aromatic heterocycles. The zero-order chi connectivity index (χ0) is 13.4. The summed E-state index contributed by atoms with van der Waals surface area (Å²) in [7, 11) is 0. The number of hydrogen-bond acceptors (Lipinski definition) is 4. The maximum absolute atomic E-state index is 12.1. The van der Waals surface area contributed by atoms with Crippen molar-refractivity contribution in [3.8, 4) is 0 Å². The first-order valence-corrected chi connectivity index (χ1v) is 7.10. The van der Waals surface area contributed by atoms with Crippen LogP contribution in [0.2, 0.25) is 0 Å². The maximum atomic E-state index is 12.1. The van der Waals surface area contributed by atoms with Crippen molar-refractivity contribution in [1.82, 2.24) is 4.98 Å². The van der Waals surface area contributed by atoms with Gasteiger partial charge in [0.15, 0.2) is 0 Å². The number of aromatic nitrogens is 1. The predicted octanol–water partition coefficient (Wildman–Crippen LogP) is 2.77. The second-order valence-corrected chi connectivity index (χ2v) is 5.93. The molecular formula is C14H15N3OS. The van der Waals surface area contributed by atoms with Crippen molar-refractivity contribution in [2.24, 2.45) is 0 Å². The lowest BCUT2D eigenvalue weighted by molar-refractivity contribution is 0.103. The number of nitrogen functional groups attached to an aromatic ring is 1. The number of aryl methyl sites for hydroxylation is 3. The van der Waals surface area contributed by atoms with Gasteiger partial charge in [-0.15, -0.1) is 11.3 Å². The lowest BCUT2D eigenvalue weighted by Gasteiger charge is -2.05. The first-order chi connectivity index (χ1) is 9.13. The zero-order valence-corrected chi connectivity index (χ0v) is 11.5. The minimum atomic E-state index is -0.0870. The minimum absolute atomic E-state index is 0.0870. The fourth-order valence-corrected chi connectivity index (χ4v) is 3.40. The Balaban J connectivity index is 1.78. The van der Waals surface area contributed by atoms with E-state index in [0.717, 1.165) is 23.3 Å². The molecule has 0 unspecified atom stereocenters.